The summed E-state index contributed by atoms with van der Waals surface area (Å²) in [5, 5.41) is 5.97. The van der Waals surface area contributed by atoms with Crippen molar-refractivity contribution in [1.29, 1.82) is 0 Å². The summed E-state index contributed by atoms with van der Waals surface area (Å²) in [5.41, 5.74) is 1.05. The first kappa shape index (κ1) is 18.4. The fourth-order valence-electron chi connectivity index (χ4n) is 1.53. The number of likely N-dealkylation sites (N-methyl/N-ethyl adjacent to an activating group) is 1. The van der Waals surface area contributed by atoms with Crippen LogP contribution in [0.25, 0.3) is 0 Å². The average Bonchev–Trinajstić information content (AvgIpc) is 2.50. The van der Waals surface area contributed by atoms with Crippen LogP contribution in [0.3, 0.4) is 0 Å². The first-order chi connectivity index (χ1) is 10.5. The number of aliphatic imine (C=N–C) groups is 1. The highest BCUT2D eigenvalue weighted by atomic mass is 79.9. The van der Waals surface area contributed by atoms with Crippen molar-refractivity contribution < 1.29 is 9.18 Å². The molecular weight excluding hydrogens is 351 g/mol. The fraction of sp³-hybridized carbons (Fsp3) is 0.467. The van der Waals surface area contributed by atoms with Crippen LogP contribution in [0.4, 0.5) is 4.39 Å². The number of carbonyl (C=O) groups excluding carboxylic acids is 1. The van der Waals surface area contributed by atoms with E-state index < -0.39 is 0 Å². The molecule has 22 heavy (non-hydrogen) atoms. The summed E-state index contributed by atoms with van der Waals surface area (Å²) in [5.74, 6) is 0.454. The molecule has 1 aromatic carbocycles. The lowest BCUT2D eigenvalue weighted by atomic mass is 10.2. The van der Waals surface area contributed by atoms with Crippen molar-refractivity contribution in [3.63, 3.8) is 0 Å². The lowest BCUT2D eigenvalue weighted by Gasteiger charge is -2.14. The predicted molar refractivity (Wildman–Crippen MR) is 90.6 cm³/mol. The molecule has 0 unspecified atom stereocenters. The SMILES string of the molecule is CN(C)C(=O)CNC(=NCc1ccc(Br)cc1)NCCCF. The molecule has 0 radical (unpaired) electrons. The summed E-state index contributed by atoms with van der Waals surface area (Å²) < 4.78 is 13.2. The number of nitrogens with zero attached hydrogens (tertiary/aromatic N) is 2. The molecule has 0 aliphatic carbocycles. The van der Waals surface area contributed by atoms with E-state index >= 15 is 0 Å². The van der Waals surface area contributed by atoms with Crippen LogP contribution in [0, 0.1) is 0 Å². The Hall–Kier alpha value is -1.63. The highest BCUT2D eigenvalue weighted by Crippen LogP contribution is 2.10. The maximum absolute atomic E-state index is 12.2. The number of hydrogen-bond acceptors (Lipinski definition) is 2. The van der Waals surface area contributed by atoms with E-state index in [1.165, 1.54) is 4.90 Å². The molecule has 122 valence electrons. The first-order valence-corrected chi connectivity index (χ1v) is 7.85. The van der Waals surface area contributed by atoms with Crippen molar-refractivity contribution in [1.82, 2.24) is 15.5 Å². The molecule has 0 aliphatic rings. The fourth-order valence-corrected chi connectivity index (χ4v) is 1.79. The Labute approximate surface area is 139 Å². The molecule has 0 bridgehead atoms. The van der Waals surface area contributed by atoms with Gasteiger partial charge in [-0.15, -0.1) is 0 Å². The number of alkyl halides is 1. The average molecular weight is 373 g/mol. The van der Waals surface area contributed by atoms with E-state index in [2.05, 4.69) is 31.6 Å². The Morgan fingerprint density at radius 3 is 2.55 bits per heavy atom. The summed E-state index contributed by atoms with van der Waals surface area (Å²) in [7, 11) is 3.39. The third-order valence-electron chi connectivity index (χ3n) is 2.84. The zero-order valence-electron chi connectivity index (χ0n) is 12.9. The number of hydrogen-bond donors (Lipinski definition) is 2. The monoisotopic (exact) mass is 372 g/mol. The molecule has 0 atom stereocenters. The van der Waals surface area contributed by atoms with Gasteiger partial charge >= 0.3 is 0 Å². The van der Waals surface area contributed by atoms with Crippen LogP contribution in [-0.4, -0.2) is 50.6 Å². The lowest BCUT2D eigenvalue weighted by molar-refractivity contribution is -0.127. The normalized spacial score (nSPS) is 11.2. The quantitative estimate of drug-likeness (QED) is 0.436. The molecular formula is C15H22BrFN4O. The van der Waals surface area contributed by atoms with Crippen LogP contribution in [0.5, 0.6) is 0 Å². The van der Waals surface area contributed by atoms with Crippen molar-refractivity contribution in [2.24, 2.45) is 4.99 Å². The number of carbonyl (C=O) groups is 1. The molecule has 0 saturated heterocycles. The van der Waals surface area contributed by atoms with Crippen LogP contribution in [0.15, 0.2) is 33.7 Å². The molecule has 0 aliphatic heterocycles. The maximum atomic E-state index is 12.2. The molecule has 2 N–H and O–H groups in total. The van der Waals surface area contributed by atoms with Gasteiger partial charge in [-0.25, -0.2) is 4.99 Å². The highest BCUT2D eigenvalue weighted by molar-refractivity contribution is 9.10. The van der Waals surface area contributed by atoms with Crippen molar-refractivity contribution in [2.75, 3.05) is 33.9 Å². The molecule has 1 rings (SSSR count). The first-order valence-electron chi connectivity index (χ1n) is 7.05. The molecule has 5 nitrogen and oxygen atoms in total. The molecule has 0 spiro atoms. The van der Waals surface area contributed by atoms with Gasteiger partial charge in [0.05, 0.1) is 19.8 Å². The number of guanidine groups is 1. The highest BCUT2D eigenvalue weighted by Gasteiger charge is 2.05. The van der Waals surface area contributed by atoms with Crippen molar-refractivity contribution in [2.45, 2.75) is 13.0 Å². The smallest absolute Gasteiger partial charge is 0.241 e. The Morgan fingerprint density at radius 2 is 1.95 bits per heavy atom. The Bertz CT molecular complexity index is 491. The van der Waals surface area contributed by atoms with Crippen LogP contribution in [-0.2, 0) is 11.3 Å². The zero-order chi connectivity index (χ0) is 16.4. The van der Waals surface area contributed by atoms with Gasteiger partial charge in [-0.3, -0.25) is 9.18 Å². The Balaban J connectivity index is 2.60. The Kier molecular flexibility index (Phi) is 8.50. The maximum Gasteiger partial charge on any atom is 0.241 e. The third kappa shape index (κ3) is 7.40. The van der Waals surface area contributed by atoms with Crippen molar-refractivity contribution in [3.05, 3.63) is 34.3 Å². The van der Waals surface area contributed by atoms with Gasteiger partial charge in [0.15, 0.2) is 5.96 Å². The lowest BCUT2D eigenvalue weighted by Crippen LogP contribution is -2.43. The largest absolute Gasteiger partial charge is 0.356 e. The van der Waals surface area contributed by atoms with Crippen LogP contribution in [0.2, 0.25) is 0 Å². The summed E-state index contributed by atoms with van der Waals surface area (Å²) in [6, 6.07) is 7.84. The van der Waals surface area contributed by atoms with Gasteiger partial charge in [-0.2, -0.15) is 0 Å². The molecule has 0 saturated carbocycles. The van der Waals surface area contributed by atoms with Crippen LogP contribution >= 0.6 is 15.9 Å². The van der Waals surface area contributed by atoms with Gasteiger partial charge < -0.3 is 15.5 Å². The van der Waals surface area contributed by atoms with E-state index in [0.717, 1.165) is 10.0 Å². The molecule has 1 amide bonds. The van der Waals surface area contributed by atoms with Crippen LogP contribution < -0.4 is 10.6 Å². The van der Waals surface area contributed by atoms with E-state index in [0.29, 0.717) is 25.5 Å². The van der Waals surface area contributed by atoms with Gasteiger partial charge in [0, 0.05) is 25.1 Å². The topological polar surface area (TPSA) is 56.7 Å². The molecule has 0 aromatic heterocycles. The van der Waals surface area contributed by atoms with E-state index in [-0.39, 0.29) is 19.1 Å². The Morgan fingerprint density at radius 1 is 1.27 bits per heavy atom. The predicted octanol–water partition coefficient (Wildman–Crippen LogP) is 1.93. The number of rotatable bonds is 7. The minimum atomic E-state index is -0.385. The van der Waals surface area contributed by atoms with E-state index in [4.69, 9.17) is 0 Å². The second-order valence-corrected chi connectivity index (χ2v) is 5.82. The minimum absolute atomic E-state index is 0.0522. The number of halogens is 2. The summed E-state index contributed by atoms with van der Waals surface area (Å²) in [6.07, 6.45) is 0.403. The molecule has 0 fully saturated rings. The number of amides is 1. The van der Waals surface area contributed by atoms with E-state index in [1.54, 1.807) is 14.1 Å². The second-order valence-electron chi connectivity index (χ2n) is 4.90. The van der Waals surface area contributed by atoms with E-state index in [9.17, 15) is 9.18 Å². The molecule has 7 heteroatoms. The van der Waals surface area contributed by atoms with Gasteiger partial charge in [-0.05, 0) is 24.1 Å². The third-order valence-corrected chi connectivity index (χ3v) is 3.37. The summed E-state index contributed by atoms with van der Waals surface area (Å²) in [4.78, 5) is 17.5. The standard InChI is InChI=1S/C15H22BrFN4O/c1-21(2)14(22)11-20-15(18-9-3-8-17)19-10-12-4-6-13(16)7-5-12/h4-7H,3,8-11H2,1-2H3,(H2,18,19,20). The summed E-state index contributed by atoms with van der Waals surface area (Å²) in [6.45, 7) is 0.714. The van der Waals surface area contributed by atoms with Crippen molar-refractivity contribution >= 4 is 27.8 Å². The minimum Gasteiger partial charge on any atom is -0.356 e. The van der Waals surface area contributed by atoms with Gasteiger partial charge in [0.25, 0.3) is 0 Å². The summed E-state index contributed by atoms with van der Waals surface area (Å²) >= 11 is 3.38. The van der Waals surface area contributed by atoms with Gasteiger partial charge in [0.1, 0.15) is 0 Å². The van der Waals surface area contributed by atoms with Gasteiger partial charge in [0.2, 0.25) is 5.91 Å². The second kappa shape index (κ2) is 10.2. The number of nitrogens with one attached hydrogen (secondary N) is 2. The van der Waals surface area contributed by atoms with E-state index in [1.807, 2.05) is 24.3 Å². The van der Waals surface area contributed by atoms with Gasteiger partial charge in [-0.1, -0.05) is 28.1 Å². The van der Waals surface area contributed by atoms with Crippen molar-refractivity contribution in [3.8, 4) is 0 Å². The number of benzene rings is 1. The van der Waals surface area contributed by atoms with Crippen LogP contribution in [0.1, 0.15) is 12.0 Å². The zero-order valence-corrected chi connectivity index (χ0v) is 14.5. The molecule has 0 heterocycles. The molecule has 1 aromatic rings.